The van der Waals surface area contributed by atoms with Crippen LogP contribution in [0.4, 0.5) is 9.39 Å². The summed E-state index contributed by atoms with van der Waals surface area (Å²) in [5.41, 5.74) is 6.23. The Morgan fingerprint density at radius 1 is 1.11 bits per heavy atom. The van der Waals surface area contributed by atoms with Crippen molar-refractivity contribution < 1.29 is 19.1 Å². The van der Waals surface area contributed by atoms with Crippen LogP contribution in [0, 0.1) is 5.82 Å². The fourth-order valence-corrected chi connectivity index (χ4v) is 6.17. The molecular formula is C27H28FN3O3S2. The van der Waals surface area contributed by atoms with E-state index in [-0.39, 0.29) is 24.2 Å². The average Bonchev–Trinajstić information content (AvgIpc) is 3.26. The van der Waals surface area contributed by atoms with Gasteiger partial charge in [-0.2, -0.15) is 16.9 Å². The normalized spacial score (nSPS) is 12.9. The molecule has 36 heavy (non-hydrogen) atoms. The van der Waals surface area contributed by atoms with Crippen molar-refractivity contribution in [3.05, 3.63) is 87.0 Å². The summed E-state index contributed by atoms with van der Waals surface area (Å²) in [6.07, 6.45) is 5.92. The van der Waals surface area contributed by atoms with Crippen LogP contribution in [-0.4, -0.2) is 35.5 Å². The van der Waals surface area contributed by atoms with Gasteiger partial charge in [-0.3, -0.25) is 9.59 Å². The predicted molar refractivity (Wildman–Crippen MR) is 145 cm³/mol. The van der Waals surface area contributed by atoms with Crippen LogP contribution in [0.3, 0.4) is 0 Å². The molecule has 2 aromatic carbocycles. The molecule has 1 heterocycles. The topological polar surface area (TPSA) is 90.8 Å². The molecule has 188 valence electrons. The van der Waals surface area contributed by atoms with E-state index in [1.807, 2.05) is 18.2 Å². The monoisotopic (exact) mass is 525 g/mol. The van der Waals surface area contributed by atoms with E-state index in [1.165, 1.54) is 29.7 Å². The largest absolute Gasteiger partial charge is 0.396 e. The molecule has 6 nitrogen and oxygen atoms in total. The number of halogens is 1. The van der Waals surface area contributed by atoms with Crippen LogP contribution < -0.4 is 10.7 Å². The fourth-order valence-electron chi connectivity index (χ4n) is 4.00. The number of benzene rings is 2. The van der Waals surface area contributed by atoms with Crippen LogP contribution in [0.1, 0.15) is 61.5 Å². The van der Waals surface area contributed by atoms with Crippen molar-refractivity contribution in [2.45, 2.75) is 37.9 Å². The fraction of sp³-hybridized carbons (Fsp3) is 0.296. The number of hydrogen-bond donors (Lipinski definition) is 3. The quantitative estimate of drug-likeness (QED) is 0.188. The molecule has 0 saturated carbocycles. The third-order valence-corrected chi connectivity index (χ3v) is 8.10. The van der Waals surface area contributed by atoms with Crippen molar-refractivity contribution in [3.8, 4) is 0 Å². The maximum Gasteiger partial charge on any atom is 0.274 e. The summed E-state index contributed by atoms with van der Waals surface area (Å²) < 4.78 is 13.1. The molecule has 2 amide bonds. The summed E-state index contributed by atoms with van der Waals surface area (Å²) in [6.45, 7) is 0.174. The predicted octanol–water partition coefficient (Wildman–Crippen LogP) is 5.40. The first-order valence-electron chi connectivity index (χ1n) is 11.9. The van der Waals surface area contributed by atoms with E-state index in [1.54, 1.807) is 30.0 Å². The van der Waals surface area contributed by atoms with E-state index in [0.29, 0.717) is 21.7 Å². The summed E-state index contributed by atoms with van der Waals surface area (Å²) in [7, 11) is 0. The van der Waals surface area contributed by atoms with Crippen molar-refractivity contribution >= 4 is 46.1 Å². The molecule has 4 rings (SSSR count). The number of hydrazone groups is 1. The Morgan fingerprint density at radius 2 is 1.92 bits per heavy atom. The molecule has 0 bridgehead atoms. The number of thioether (sulfide) groups is 1. The van der Waals surface area contributed by atoms with Gasteiger partial charge in [-0.25, -0.2) is 9.82 Å². The standard InChI is InChI=1S/C27H28FN3O3S2/c28-21-11-9-18(10-12-21)16-29-31-26(34)24-22-7-1-2-8-23(22)36-27(24)30-25(33)20-6-3-5-19(15-20)17-35-14-4-13-32/h3,5-6,9-12,15-16,32H,1-2,4,7-8,13-14,17H2,(H,30,33)(H,31,34). The molecule has 0 atom stereocenters. The molecule has 0 saturated heterocycles. The number of aliphatic hydroxyl groups is 1. The van der Waals surface area contributed by atoms with Crippen molar-refractivity contribution in [2.24, 2.45) is 5.10 Å². The van der Waals surface area contributed by atoms with Crippen LogP contribution in [0.2, 0.25) is 0 Å². The molecule has 0 unspecified atom stereocenters. The first-order valence-corrected chi connectivity index (χ1v) is 13.8. The number of carbonyl (C=O) groups excluding carboxylic acids is 2. The Bertz CT molecular complexity index is 1240. The van der Waals surface area contributed by atoms with Crippen molar-refractivity contribution in [1.82, 2.24) is 5.43 Å². The number of nitrogens with one attached hydrogen (secondary N) is 2. The molecule has 9 heteroatoms. The lowest BCUT2D eigenvalue weighted by atomic mass is 9.95. The van der Waals surface area contributed by atoms with Gasteiger partial charge in [0.1, 0.15) is 10.8 Å². The molecule has 0 radical (unpaired) electrons. The minimum Gasteiger partial charge on any atom is -0.396 e. The second kappa shape index (κ2) is 12.8. The summed E-state index contributed by atoms with van der Waals surface area (Å²) in [5.74, 6) is 0.633. The number of amides is 2. The molecule has 0 fully saturated rings. The second-order valence-electron chi connectivity index (χ2n) is 8.45. The molecule has 3 N–H and O–H groups in total. The Balaban J connectivity index is 1.49. The zero-order valence-electron chi connectivity index (χ0n) is 19.8. The molecule has 3 aromatic rings. The lowest BCUT2D eigenvalue weighted by Gasteiger charge is -2.12. The maximum atomic E-state index is 13.1. The number of fused-ring (bicyclic) bond motifs is 1. The van der Waals surface area contributed by atoms with Crippen LogP contribution in [-0.2, 0) is 18.6 Å². The number of carbonyl (C=O) groups is 2. The van der Waals surface area contributed by atoms with Gasteiger partial charge in [0, 0.05) is 22.8 Å². The van der Waals surface area contributed by atoms with Gasteiger partial charge in [-0.1, -0.05) is 24.3 Å². The SMILES string of the molecule is O=C(Nc1sc2c(c1C(=O)NN=Cc1ccc(F)cc1)CCCC2)c1cccc(CSCCCO)c1. The lowest BCUT2D eigenvalue weighted by Crippen LogP contribution is -2.22. The number of anilines is 1. The zero-order valence-corrected chi connectivity index (χ0v) is 21.4. The summed E-state index contributed by atoms with van der Waals surface area (Å²) in [6, 6.07) is 13.3. The van der Waals surface area contributed by atoms with Crippen LogP contribution in [0.15, 0.2) is 53.6 Å². The highest BCUT2D eigenvalue weighted by Crippen LogP contribution is 2.38. The number of thiophene rings is 1. The summed E-state index contributed by atoms with van der Waals surface area (Å²) >= 11 is 3.17. The Hall–Kier alpha value is -3.01. The highest BCUT2D eigenvalue weighted by Gasteiger charge is 2.26. The van der Waals surface area contributed by atoms with Gasteiger partial charge in [0.2, 0.25) is 0 Å². The molecule has 1 aromatic heterocycles. The van der Waals surface area contributed by atoms with Crippen LogP contribution >= 0.6 is 23.1 Å². The molecule has 1 aliphatic carbocycles. The van der Waals surface area contributed by atoms with Gasteiger partial charge in [0.25, 0.3) is 11.8 Å². The van der Waals surface area contributed by atoms with Gasteiger partial charge < -0.3 is 10.4 Å². The van der Waals surface area contributed by atoms with E-state index < -0.39 is 0 Å². The van der Waals surface area contributed by atoms with Gasteiger partial charge in [0.15, 0.2) is 0 Å². The van der Waals surface area contributed by atoms with Crippen LogP contribution in [0.5, 0.6) is 0 Å². The van der Waals surface area contributed by atoms with Crippen molar-refractivity contribution in [1.29, 1.82) is 0 Å². The van der Waals surface area contributed by atoms with Gasteiger partial charge >= 0.3 is 0 Å². The third-order valence-electron chi connectivity index (χ3n) is 5.78. The van der Waals surface area contributed by atoms with Crippen molar-refractivity contribution in [3.63, 3.8) is 0 Å². The Kier molecular flexibility index (Phi) is 9.27. The van der Waals surface area contributed by atoms with E-state index in [4.69, 9.17) is 5.11 Å². The second-order valence-corrected chi connectivity index (χ2v) is 10.7. The summed E-state index contributed by atoms with van der Waals surface area (Å²) in [4.78, 5) is 27.4. The third kappa shape index (κ3) is 6.81. The number of rotatable bonds is 10. The summed E-state index contributed by atoms with van der Waals surface area (Å²) in [5, 5.41) is 16.5. The number of nitrogens with zero attached hydrogens (tertiary/aromatic N) is 1. The minimum atomic E-state index is -0.378. The van der Waals surface area contributed by atoms with Gasteiger partial charge in [-0.15, -0.1) is 11.3 Å². The minimum absolute atomic E-state index is 0.174. The first-order chi connectivity index (χ1) is 17.5. The smallest absolute Gasteiger partial charge is 0.274 e. The lowest BCUT2D eigenvalue weighted by molar-refractivity contribution is 0.0955. The van der Waals surface area contributed by atoms with E-state index >= 15 is 0 Å². The molecule has 0 spiro atoms. The van der Waals surface area contributed by atoms with E-state index in [9.17, 15) is 14.0 Å². The van der Waals surface area contributed by atoms with Crippen LogP contribution in [0.25, 0.3) is 0 Å². The van der Waals surface area contributed by atoms with Gasteiger partial charge in [-0.05, 0) is 78.8 Å². The number of hydrogen-bond acceptors (Lipinski definition) is 6. The molecular weight excluding hydrogens is 497 g/mol. The molecule has 0 aliphatic heterocycles. The van der Waals surface area contributed by atoms with Gasteiger partial charge in [0.05, 0.1) is 11.8 Å². The average molecular weight is 526 g/mol. The maximum absolute atomic E-state index is 13.1. The number of aryl methyl sites for hydroxylation is 1. The first kappa shape index (κ1) is 26.1. The Morgan fingerprint density at radius 3 is 2.72 bits per heavy atom. The number of aliphatic hydroxyl groups excluding tert-OH is 1. The Labute approximate surface area is 218 Å². The highest BCUT2D eigenvalue weighted by molar-refractivity contribution is 7.98. The van der Waals surface area contributed by atoms with E-state index in [2.05, 4.69) is 15.8 Å². The zero-order chi connectivity index (χ0) is 25.3. The highest BCUT2D eigenvalue weighted by atomic mass is 32.2. The van der Waals surface area contributed by atoms with Crippen molar-refractivity contribution in [2.75, 3.05) is 17.7 Å². The molecule has 1 aliphatic rings. The van der Waals surface area contributed by atoms with E-state index in [0.717, 1.165) is 59.6 Å².